The average molecular weight is 278 g/mol. The fourth-order valence-electron chi connectivity index (χ4n) is 1.60. The third-order valence-corrected chi connectivity index (χ3v) is 3.20. The van der Waals surface area contributed by atoms with Crippen LogP contribution >= 0.6 is 0 Å². The number of carbonyl (C=O) groups is 2. The van der Waals surface area contributed by atoms with Crippen LogP contribution in [0.5, 0.6) is 0 Å². The van der Waals surface area contributed by atoms with Crippen molar-refractivity contribution in [2.24, 2.45) is 0 Å². The summed E-state index contributed by atoms with van der Waals surface area (Å²) in [4.78, 5) is 23.8. The van der Waals surface area contributed by atoms with Crippen LogP contribution in [0.4, 0.5) is 5.69 Å². The van der Waals surface area contributed by atoms with Gasteiger partial charge in [0.1, 0.15) is 0 Å². The number of nitrogen functional groups attached to an aromatic ring is 1. The number of nitrogens with two attached hydrogens (primary N) is 1. The van der Waals surface area contributed by atoms with Gasteiger partial charge >= 0.3 is 5.97 Å². The maximum absolute atomic E-state index is 12.0. The number of hydrogen-bond donors (Lipinski definition) is 2. The summed E-state index contributed by atoms with van der Waals surface area (Å²) in [6, 6.07) is 5.18. The van der Waals surface area contributed by atoms with Crippen molar-refractivity contribution in [3.05, 3.63) is 29.3 Å². The van der Waals surface area contributed by atoms with Crippen LogP contribution in [-0.4, -0.2) is 24.0 Å². The third-order valence-electron chi connectivity index (χ3n) is 3.20. The minimum Gasteiger partial charge on any atom is -0.449 e. The molecule has 0 saturated carbocycles. The van der Waals surface area contributed by atoms with E-state index in [1.165, 1.54) is 0 Å². The van der Waals surface area contributed by atoms with Gasteiger partial charge in [-0.15, -0.1) is 0 Å². The molecule has 0 heterocycles. The molecule has 0 aliphatic rings. The molecule has 0 aromatic heterocycles. The molecule has 0 spiro atoms. The quantitative estimate of drug-likeness (QED) is 0.638. The number of esters is 1. The molecule has 0 fully saturated rings. The molecule has 5 nitrogen and oxygen atoms in total. The second-order valence-electron chi connectivity index (χ2n) is 4.90. The van der Waals surface area contributed by atoms with Gasteiger partial charge in [-0.05, 0) is 38.8 Å². The molecule has 1 amide bonds. The zero-order valence-corrected chi connectivity index (χ0v) is 12.4. The van der Waals surface area contributed by atoms with E-state index in [2.05, 4.69) is 5.32 Å². The van der Waals surface area contributed by atoms with Gasteiger partial charge in [0.05, 0.1) is 5.56 Å². The fraction of sp³-hybridized carbons (Fsp3) is 0.467. The van der Waals surface area contributed by atoms with Crippen molar-refractivity contribution in [3.8, 4) is 0 Å². The number of ether oxygens (including phenoxy) is 1. The lowest BCUT2D eigenvalue weighted by Crippen LogP contribution is -2.40. The average Bonchev–Trinajstić information content (AvgIpc) is 2.41. The molecular weight excluding hydrogens is 256 g/mol. The molecule has 0 radical (unpaired) electrons. The number of aryl methyl sites for hydroxylation is 1. The summed E-state index contributed by atoms with van der Waals surface area (Å²) in [5.74, 6) is -0.892. The maximum Gasteiger partial charge on any atom is 0.341 e. The first kappa shape index (κ1) is 16.0. The lowest BCUT2D eigenvalue weighted by atomic mass is 10.1. The normalized spacial score (nSPS) is 13.4. The maximum atomic E-state index is 12.0. The molecule has 0 aliphatic carbocycles. The van der Waals surface area contributed by atoms with Crippen molar-refractivity contribution in [1.29, 1.82) is 0 Å². The monoisotopic (exact) mass is 278 g/mol. The zero-order chi connectivity index (χ0) is 15.3. The van der Waals surface area contributed by atoms with Crippen molar-refractivity contribution >= 4 is 17.6 Å². The van der Waals surface area contributed by atoms with Gasteiger partial charge in [0, 0.05) is 11.7 Å². The first-order valence-electron chi connectivity index (χ1n) is 6.73. The summed E-state index contributed by atoms with van der Waals surface area (Å²) in [7, 11) is 0. The van der Waals surface area contributed by atoms with Gasteiger partial charge in [-0.2, -0.15) is 0 Å². The van der Waals surface area contributed by atoms with Gasteiger partial charge in [0.2, 0.25) is 0 Å². The summed E-state index contributed by atoms with van der Waals surface area (Å²) in [6.45, 7) is 7.22. The molecule has 3 N–H and O–H groups in total. The summed E-state index contributed by atoms with van der Waals surface area (Å²) in [5.41, 5.74) is 7.31. The van der Waals surface area contributed by atoms with Crippen LogP contribution in [0.1, 0.15) is 43.1 Å². The van der Waals surface area contributed by atoms with Crippen LogP contribution in [0, 0.1) is 6.92 Å². The number of rotatable bonds is 5. The van der Waals surface area contributed by atoms with E-state index < -0.39 is 12.1 Å². The molecule has 1 aromatic carbocycles. The molecule has 2 unspecified atom stereocenters. The molecule has 20 heavy (non-hydrogen) atoms. The predicted octanol–water partition coefficient (Wildman–Crippen LogP) is 2.04. The third kappa shape index (κ3) is 3.98. The van der Waals surface area contributed by atoms with Crippen LogP contribution in [0.2, 0.25) is 0 Å². The van der Waals surface area contributed by atoms with Gasteiger partial charge in [0.25, 0.3) is 5.91 Å². The Morgan fingerprint density at radius 1 is 1.35 bits per heavy atom. The van der Waals surface area contributed by atoms with Gasteiger partial charge < -0.3 is 15.8 Å². The SMILES string of the molecule is CCC(C)NC(=O)C(C)OC(=O)c1cccc(C)c1N. The second kappa shape index (κ2) is 6.93. The van der Waals surface area contributed by atoms with E-state index in [-0.39, 0.29) is 17.5 Å². The molecule has 0 saturated heterocycles. The molecule has 0 aliphatic heterocycles. The lowest BCUT2D eigenvalue weighted by Gasteiger charge is -2.17. The minimum atomic E-state index is -0.851. The second-order valence-corrected chi connectivity index (χ2v) is 4.90. The van der Waals surface area contributed by atoms with E-state index >= 15 is 0 Å². The number of amides is 1. The summed E-state index contributed by atoms with van der Waals surface area (Å²) >= 11 is 0. The van der Waals surface area contributed by atoms with Crippen molar-refractivity contribution in [2.45, 2.75) is 46.3 Å². The largest absolute Gasteiger partial charge is 0.449 e. The minimum absolute atomic E-state index is 0.0488. The van der Waals surface area contributed by atoms with Crippen LogP contribution in [0.15, 0.2) is 18.2 Å². The smallest absolute Gasteiger partial charge is 0.341 e. The predicted molar refractivity (Wildman–Crippen MR) is 78.4 cm³/mol. The summed E-state index contributed by atoms with van der Waals surface area (Å²) in [5, 5.41) is 2.76. The summed E-state index contributed by atoms with van der Waals surface area (Å²) in [6.07, 6.45) is -0.0338. The Kier molecular flexibility index (Phi) is 5.55. The van der Waals surface area contributed by atoms with Crippen LogP contribution in [0.3, 0.4) is 0 Å². The first-order chi connectivity index (χ1) is 9.36. The number of benzene rings is 1. The van der Waals surface area contributed by atoms with Gasteiger partial charge in [0.15, 0.2) is 6.10 Å². The number of anilines is 1. The van der Waals surface area contributed by atoms with Gasteiger partial charge in [-0.3, -0.25) is 4.79 Å². The van der Waals surface area contributed by atoms with Gasteiger partial charge in [-0.25, -0.2) is 4.79 Å². The van der Waals surface area contributed by atoms with Crippen LogP contribution in [0.25, 0.3) is 0 Å². The molecule has 5 heteroatoms. The van der Waals surface area contributed by atoms with E-state index in [0.29, 0.717) is 5.69 Å². The van der Waals surface area contributed by atoms with Crippen molar-refractivity contribution in [1.82, 2.24) is 5.32 Å². The zero-order valence-electron chi connectivity index (χ0n) is 12.4. The highest BCUT2D eigenvalue weighted by atomic mass is 16.5. The number of carbonyl (C=O) groups excluding carboxylic acids is 2. The molecular formula is C15H22N2O3. The molecule has 1 rings (SSSR count). The van der Waals surface area contributed by atoms with E-state index in [4.69, 9.17) is 10.5 Å². The Hall–Kier alpha value is -2.04. The van der Waals surface area contributed by atoms with Crippen LogP contribution in [-0.2, 0) is 9.53 Å². The highest BCUT2D eigenvalue weighted by Crippen LogP contribution is 2.18. The standard InChI is InChI=1S/C15H22N2O3/c1-5-10(3)17-14(18)11(4)20-15(19)12-8-6-7-9(2)13(12)16/h6-8,10-11H,5,16H2,1-4H3,(H,17,18). The highest BCUT2D eigenvalue weighted by Gasteiger charge is 2.21. The van der Waals surface area contributed by atoms with Crippen LogP contribution < -0.4 is 11.1 Å². The Bertz CT molecular complexity index is 500. The summed E-state index contributed by atoms with van der Waals surface area (Å²) < 4.78 is 5.15. The van der Waals surface area contributed by atoms with E-state index in [0.717, 1.165) is 12.0 Å². The molecule has 1 aromatic rings. The van der Waals surface area contributed by atoms with Gasteiger partial charge in [-0.1, -0.05) is 19.1 Å². The Labute approximate surface area is 119 Å². The first-order valence-corrected chi connectivity index (χ1v) is 6.73. The van der Waals surface area contributed by atoms with E-state index in [1.807, 2.05) is 26.8 Å². The van der Waals surface area contributed by atoms with E-state index in [9.17, 15) is 9.59 Å². The number of nitrogens with one attached hydrogen (secondary N) is 1. The topological polar surface area (TPSA) is 81.4 Å². The lowest BCUT2D eigenvalue weighted by molar-refractivity contribution is -0.129. The Morgan fingerprint density at radius 2 is 2.00 bits per heavy atom. The highest BCUT2D eigenvalue weighted by molar-refractivity contribution is 5.97. The molecule has 0 bridgehead atoms. The molecule has 110 valence electrons. The number of hydrogen-bond acceptors (Lipinski definition) is 4. The Balaban J connectivity index is 2.70. The number of para-hydroxylation sites is 1. The van der Waals surface area contributed by atoms with Crippen molar-refractivity contribution in [3.63, 3.8) is 0 Å². The molecule has 2 atom stereocenters. The van der Waals surface area contributed by atoms with Crippen molar-refractivity contribution < 1.29 is 14.3 Å². The fourth-order valence-corrected chi connectivity index (χ4v) is 1.60. The Morgan fingerprint density at radius 3 is 2.60 bits per heavy atom. The van der Waals surface area contributed by atoms with E-state index in [1.54, 1.807) is 19.1 Å². The van der Waals surface area contributed by atoms with Crippen molar-refractivity contribution in [2.75, 3.05) is 5.73 Å².